The lowest BCUT2D eigenvalue weighted by Gasteiger charge is -2.14. The van der Waals surface area contributed by atoms with Crippen molar-refractivity contribution >= 4 is 39.8 Å². The first-order valence-electron chi connectivity index (χ1n) is 9.29. The standard InChI is InChI=1S/C21H29N3O2S.HI/c1-4-22-21(24-16-18(3)19-12-10-17(2)11-13-19)23-14-15-27(25,26)20-8-6-5-7-9-20;/h5-13,18H,4,14-16H2,1-3H3,(H2,22,23,24);1H. The van der Waals surface area contributed by atoms with Gasteiger partial charge in [0.1, 0.15) is 0 Å². The lowest BCUT2D eigenvalue weighted by atomic mass is 10.0. The van der Waals surface area contributed by atoms with Crippen molar-refractivity contribution in [3.05, 3.63) is 65.7 Å². The molecule has 2 aromatic rings. The van der Waals surface area contributed by atoms with Crippen LogP contribution in [0.1, 0.15) is 30.9 Å². The van der Waals surface area contributed by atoms with Gasteiger partial charge in [-0.2, -0.15) is 0 Å². The number of nitrogens with one attached hydrogen (secondary N) is 2. The van der Waals surface area contributed by atoms with E-state index in [0.29, 0.717) is 23.9 Å². The number of guanidine groups is 1. The van der Waals surface area contributed by atoms with Gasteiger partial charge in [-0.1, -0.05) is 55.0 Å². The summed E-state index contributed by atoms with van der Waals surface area (Å²) in [6.45, 7) is 7.85. The van der Waals surface area contributed by atoms with Crippen LogP contribution in [0, 0.1) is 6.92 Å². The second kappa shape index (κ2) is 12.1. The molecule has 0 saturated carbocycles. The summed E-state index contributed by atoms with van der Waals surface area (Å²) < 4.78 is 24.7. The summed E-state index contributed by atoms with van der Waals surface area (Å²) in [5.74, 6) is 0.948. The zero-order valence-corrected chi connectivity index (χ0v) is 19.8. The van der Waals surface area contributed by atoms with Crippen LogP contribution in [0.25, 0.3) is 0 Å². The highest BCUT2D eigenvalue weighted by Gasteiger charge is 2.13. The van der Waals surface area contributed by atoms with Gasteiger partial charge in [0.25, 0.3) is 0 Å². The summed E-state index contributed by atoms with van der Waals surface area (Å²) in [5, 5.41) is 6.29. The number of aryl methyl sites for hydroxylation is 1. The van der Waals surface area contributed by atoms with Gasteiger partial charge in [0.05, 0.1) is 10.6 Å². The van der Waals surface area contributed by atoms with E-state index < -0.39 is 9.84 Å². The Kier molecular flexibility index (Phi) is 10.5. The molecule has 154 valence electrons. The lowest BCUT2D eigenvalue weighted by molar-refractivity contribution is 0.594. The van der Waals surface area contributed by atoms with Gasteiger partial charge in [-0.3, -0.25) is 4.99 Å². The Bertz CT molecular complexity index is 838. The van der Waals surface area contributed by atoms with Crippen molar-refractivity contribution < 1.29 is 8.42 Å². The fraction of sp³-hybridized carbons (Fsp3) is 0.381. The van der Waals surface area contributed by atoms with Gasteiger partial charge in [0.2, 0.25) is 0 Å². The first kappa shape index (κ1) is 24.4. The number of nitrogens with zero attached hydrogens (tertiary/aromatic N) is 1. The van der Waals surface area contributed by atoms with Crippen LogP contribution in [0.3, 0.4) is 0 Å². The molecule has 0 radical (unpaired) electrons. The van der Waals surface area contributed by atoms with Crippen molar-refractivity contribution in [3.63, 3.8) is 0 Å². The second-order valence-electron chi connectivity index (χ2n) is 6.59. The van der Waals surface area contributed by atoms with E-state index in [4.69, 9.17) is 0 Å². The third-order valence-corrected chi connectivity index (χ3v) is 6.01. The van der Waals surface area contributed by atoms with E-state index in [1.807, 2.05) is 13.0 Å². The van der Waals surface area contributed by atoms with Crippen molar-refractivity contribution in [1.82, 2.24) is 10.6 Å². The van der Waals surface area contributed by atoms with E-state index in [0.717, 1.165) is 6.54 Å². The molecule has 1 unspecified atom stereocenters. The van der Waals surface area contributed by atoms with Gasteiger partial charge >= 0.3 is 0 Å². The SMILES string of the molecule is CCNC(=NCC(C)c1ccc(C)cc1)NCCS(=O)(=O)c1ccccc1.I. The predicted molar refractivity (Wildman–Crippen MR) is 127 cm³/mol. The third-order valence-electron chi connectivity index (χ3n) is 4.28. The summed E-state index contributed by atoms with van der Waals surface area (Å²) in [5.41, 5.74) is 2.48. The Morgan fingerprint density at radius 3 is 2.29 bits per heavy atom. The molecule has 0 aliphatic heterocycles. The Balaban J connectivity index is 0.00000392. The largest absolute Gasteiger partial charge is 0.357 e. The Morgan fingerprint density at radius 1 is 1.04 bits per heavy atom. The molecule has 5 nitrogen and oxygen atoms in total. The molecule has 1 atom stereocenters. The van der Waals surface area contributed by atoms with Crippen LogP contribution in [0.5, 0.6) is 0 Å². The maximum atomic E-state index is 12.3. The maximum absolute atomic E-state index is 12.3. The third kappa shape index (κ3) is 7.79. The molecule has 0 saturated heterocycles. The molecule has 0 aromatic heterocycles. The van der Waals surface area contributed by atoms with Crippen molar-refractivity contribution in [2.75, 3.05) is 25.4 Å². The first-order chi connectivity index (χ1) is 12.9. The van der Waals surface area contributed by atoms with Gasteiger partial charge in [0.15, 0.2) is 15.8 Å². The van der Waals surface area contributed by atoms with Crippen LogP contribution in [-0.4, -0.2) is 39.8 Å². The molecule has 0 amide bonds. The molecule has 0 spiro atoms. The molecule has 2 rings (SSSR count). The highest BCUT2D eigenvalue weighted by molar-refractivity contribution is 14.0. The molecule has 0 heterocycles. The van der Waals surface area contributed by atoms with Gasteiger partial charge in [-0.25, -0.2) is 8.42 Å². The Hall–Kier alpha value is -1.61. The van der Waals surface area contributed by atoms with Crippen molar-refractivity contribution in [2.45, 2.75) is 31.6 Å². The summed E-state index contributed by atoms with van der Waals surface area (Å²) in [6, 6.07) is 17.0. The van der Waals surface area contributed by atoms with Crippen LogP contribution in [-0.2, 0) is 9.84 Å². The Labute approximate surface area is 186 Å². The summed E-state index contributed by atoms with van der Waals surface area (Å²) >= 11 is 0. The monoisotopic (exact) mass is 515 g/mol. The van der Waals surface area contributed by atoms with Crippen LogP contribution < -0.4 is 10.6 Å². The van der Waals surface area contributed by atoms with E-state index in [2.05, 4.69) is 53.7 Å². The number of hydrogen-bond acceptors (Lipinski definition) is 3. The summed E-state index contributed by atoms with van der Waals surface area (Å²) in [4.78, 5) is 4.95. The molecule has 2 aromatic carbocycles. The van der Waals surface area contributed by atoms with Gasteiger partial charge < -0.3 is 10.6 Å². The minimum absolute atomic E-state index is 0. The van der Waals surface area contributed by atoms with Crippen LogP contribution >= 0.6 is 24.0 Å². The summed E-state index contributed by atoms with van der Waals surface area (Å²) in [6.07, 6.45) is 0. The normalized spacial score (nSPS) is 12.8. The average molecular weight is 515 g/mol. The number of benzene rings is 2. The molecule has 28 heavy (non-hydrogen) atoms. The van der Waals surface area contributed by atoms with E-state index >= 15 is 0 Å². The average Bonchev–Trinajstić information content (AvgIpc) is 2.67. The fourth-order valence-corrected chi connectivity index (χ4v) is 3.80. The molecule has 0 bridgehead atoms. The number of hydrogen-bond donors (Lipinski definition) is 2. The van der Waals surface area contributed by atoms with Gasteiger partial charge in [-0.15, -0.1) is 24.0 Å². The predicted octanol–water partition coefficient (Wildman–Crippen LogP) is 3.75. The quantitative estimate of drug-likeness (QED) is 0.319. The molecule has 0 aliphatic carbocycles. The van der Waals surface area contributed by atoms with Crippen LogP contribution in [0.4, 0.5) is 0 Å². The highest BCUT2D eigenvalue weighted by Crippen LogP contribution is 2.16. The molecular formula is C21H30IN3O2S. The summed E-state index contributed by atoms with van der Waals surface area (Å²) in [7, 11) is -3.29. The molecule has 7 heteroatoms. The lowest BCUT2D eigenvalue weighted by Crippen LogP contribution is -2.39. The zero-order chi connectivity index (χ0) is 19.7. The van der Waals surface area contributed by atoms with Crippen LogP contribution in [0.15, 0.2) is 64.5 Å². The minimum atomic E-state index is -3.29. The van der Waals surface area contributed by atoms with Crippen molar-refractivity contribution in [1.29, 1.82) is 0 Å². The minimum Gasteiger partial charge on any atom is -0.357 e. The van der Waals surface area contributed by atoms with E-state index in [1.165, 1.54) is 11.1 Å². The van der Waals surface area contributed by atoms with Crippen molar-refractivity contribution in [2.24, 2.45) is 4.99 Å². The zero-order valence-electron chi connectivity index (χ0n) is 16.7. The number of rotatable bonds is 8. The number of sulfone groups is 1. The fourth-order valence-electron chi connectivity index (χ4n) is 2.62. The maximum Gasteiger partial charge on any atom is 0.191 e. The van der Waals surface area contributed by atoms with Crippen molar-refractivity contribution in [3.8, 4) is 0 Å². The molecule has 2 N–H and O–H groups in total. The number of halogens is 1. The molecule has 0 fully saturated rings. The van der Waals surface area contributed by atoms with Gasteiger partial charge in [-0.05, 0) is 31.5 Å². The Morgan fingerprint density at radius 2 is 1.68 bits per heavy atom. The second-order valence-corrected chi connectivity index (χ2v) is 8.70. The molecular weight excluding hydrogens is 485 g/mol. The van der Waals surface area contributed by atoms with Gasteiger partial charge in [0, 0.05) is 25.6 Å². The first-order valence-corrected chi connectivity index (χ1v) is 10.9. The highest BCUT2D eigenvalue weighted by atomic mass is 127. The number of aliphatic imine (C=N–C) groups is 1. The van der Waals surface area contributed by atoms with E-state index in [-0.39, 0.29) is 35.6 Å². The smallest absolute Gasteiger partial charge is 0.191 e. The topological polar surface area (TPSA) is 70.6 Å². The van der Waals surface area contributed by atoms with E-state index in [9.17, 15) is 8.42 Å². The molecule has 0 aliphatic rings. The van der Waals surface area contributed by atoms with Crippen LogP contribution in [0.2, 0.25) is 0 Å². The van der Waals surface area contributed by atoms with E-state index in [1.54, 1.807) is 24.3 Å².